The van der Waals surface area contributed by atoms with Gasteiger partial charge in [-0.25, -0.2) is 8.78 Å². The molecule has 3 aliphatic carbocycles. The van der Waals surface area contributed by atoms with E-state index in [0.29, 0.717) is 12.0 Å². The largest absolute Gasteiger partial charge is 0.447 e. The molecule has 4 aliphatic rings. The second-order valence-electron chi connectivity index (χ2n) is 13.7. The second kappa shape index (κ2) is 12.1. The van der Waals surface area contributed by atoms with Crippen molar-refractivity contribution in [1.29, 1.82) is 0 Å². The van der Waals surface area contributed by atoms with E-state index in [9.17, 15) is 18.4 Å². The number of hydrogen-bond acceptors (Lipinski definition) is 4. The number of halogens is 2. The van der Waals surface area contributed by atoms with Crippen LogP contribution in [0.3, 0.4) is 0 Å². The van der Waals surface area contributed by atoms with Crippen LogP contribution in [0, 0.1) is 40.7 Å². The fourth-order valence-corrected chi connectivity index (χ4v) is 8.89. The van der Waals surface area contributed by atoms with Crippen molar-refractivity contribution < 1.29 is 23.1 Å². The molecule has 1 aromatic rings. The fraction of sp³-hybridized carbons (Fsp3) is 0.706. The number of allylic oxidation sites excluding steroid dienone is 1. The number of amides is 1. The molecule has 8 atom stereocenters. The summed E-state index contributed by atoms with van der Waals surface area (Å²) in [5.74, 6) is -0.102. The van der Waals surface area contributed by atoms with Gasteiger partial charge in [-0.2, -0.15) is 0 Å². The van der Waals surface area contributed by atoms with E-state index in [2.05, 4.69) is 31.9 Å². The average Bonchev–Trinajstić information content (AvgIpc) is 3.43. The molecule has 1 aromatic carbocycles. The SMILES string of the molecule is CC(=O)OC(C(=O)N(C)[C@H]1CC[C@@]2(C)C(=CC[C@H]3C4CC[C@@H](C4)[C@H](C)N(C)CCCC[C@@H]32)C1)c1ccc(F)c(F)c1. The first-order valence-corrected chi connectivity index (χ1v) is 15.8. The van der Waals surface area contributed by atoms with Crippen LogP contribution in [0.5, 0.6) is 0 Å². The maximum atomic E-state index is 14.0. The van der Waals surface area contributed by atoms with Gasteiger partial charge in [0.1, 0.15) is 0 Å². The molecule has 0 radical (unpaired) electrons. The Kier molecular flexibility index (Phi) is 8.94. The number of carbonyl (C=O) groups is 2. The first-order valence-electron chi connectivity index (χ1n) is 15.8. The number of fused-ring (bicyclic) bond motifs is 6. The van der Waals surface area contributed by atoms with Crippen LogP contribution in [0.4, 0.5) is 8.78 Å². The topological polar surface area (TPSA) is 49.9 Å². The molecule has 0 N–H and O–H groups in total. The van der Waals surface area contributed by atoms with Gasteiger partial charge in [-0.3, -0.25) is 9.59 Å². The van der Waals surface area contributed by atoms with Gasteiger partial charge in [-0.1, -0.05) is 31.1 Å². The summed E-state index contributed by atoms with van der Waals surface area (Å²) in [5.41, 5.74) is 1.76. The van der Waals surface area contributed by atoms with Gasteiger partial charge in [0.25, 0.3) is 5.91 Å². The number of esters is 1. The molecule has 1 amide bonds. The maximum absolute atomic E-state index is 14.0. The van der Waals surface area contributed by atoms with Crippen molar-refractivity contribution in [2.45, 2.75) is 103 Å². The highest BCUT2D eigenvalue weighted by atomic mass is 19.2. The zero-order valence-electron chi connectivity index (χ0n) is 25.5. The molecule has 5 nitrogen and oxygen atoms in total. The minimum atomic E-state index is -1.30. The van der Waals surface area contributed by atoms with Gasteiger partial charge in [-0.15, -0.1) is 0 Å². The van der Waals surface area contributed by atoms with Gasteiger partial charge < -0.3 is 14.5 Å². The summed E-state index contributed by atoms with van der Waals surface area (Å²) in [5, 5.41) is 0. The average molecular weight is 571 g/mol. The Morgan fingerprint density at radius 3 is 2.59 bits per heavy atom. The molecule has 2 saturated carbocycles. The minimum Gasteiger partial charge on any atom is -0.447 e. The fourth-order valence-electron chi connectivity index (χ4n) is 8.89. The molecule has 1 saturated heterocycles. The van der Waals surface area contributed by atoms with Gasteiger partial charge >= 0.3 is 5.97 Å². The van der Waals surface area contributed by atoms with E-state index in [1.807, 2.05) is 0 Å². The molecule has 0 spiro atoms. The van der Waals surface area contributed by atoms with E-state index in [4.69, 9.17) is 4.74 Å². The lowest BCUT2D eigenvalue weighted by atomic mass is 9.53. The lowest BCUT2D eigenvalue weighted by molar-refractivity contribution is -0.160. The second-order valence-corrected chi connectivity index (χ2v) is 13.7. The predicted octanol–water partition coefficient (Wildman–Crippen LogP) is 7.07. The molecule has 2 unspecified atom stereocenters. The standard InChI is InChI=1S/C34H48F2N2O3/c1-21-23-9-10-24(18-23)28-13-12-26-20-27(15-16-34(26,3)29(28)8-6-7-17-37(21)4)38(5)33(40)32(41-22(2)39)25-11-14-30(35)31(36)19-25/h11-12,14,19,21,23-24,27-29,32H,6-10,13,15-18,20H2,1-5H3/t21-,23-,24?,27-,28-,29-,32?,34-/m0/s1. The van der Waals surface area contributed by atoms with Crippen LogP contribution in [0.1, 0.15) is 96.6 Å². The molecule has 5 rings (SSSR count). The van der Waals surface area contributed by atoms with E-state index in [0.717, 1.165) is 55.6 Å². The predicted molar refractivity (Wildman–Crippen MR) is 156 cm³/mol. The van der Waals surface area contributed by atoms with E-state index < -0.39 is 29.6 Å². The maximum Gasteiger partial charge on any atom is 0.303 e. The van der Waals surface area contributed by atoms with Crippen LogP contribution in [0.2, 0.25) is 0 Å². The Bertz CT molecular complexity index is 1170. The van der Waals surface area contributed by atoms with Gasteiger partial charge in [0.15, 0.2) is 11.6 Å². The lowest BCUT2D eigenvalue weighted by Gasteiger charge is -2.53. The van der Waals surface area contributed by atoms with Gasteiger partial charge in [0.05, 0.1) is 0 Å². The molecule has 0 aromatic heterocycles. The molecule has 1 heterocycles. The molecule has 7 heteroatoms. The zero-order valence-corrected chi connectivity index (χ0v) is 25.5. The molecule has 3 fully saturated rings. The van der Waals surface area contributed by atoms with Crippen molar-refractivity contribution in [2.75, 3.05) is 20.6 Å². The summed E-state index contributed by atoms with van der Waals surface area (Å²) in [4.78, 5) is 29.8. The highest BCUT2D eigenvalue weighted by Gasteiger charge is 2.50. The smallest absolute Gasteiger partial charge is 0.303 e. The van der Waals surface area contributed by atoms with E-state index in [-0.39, 0.29) is 17.0 Å². The van der Waals surface area contributed by atoms with Crippen LogP contribution in [0.25, 0.3) is 0 Å². The number of carbonyl (C=O) groups excluding carboxylic acids is 2. The Hall–Kier alpha value is -2.28. The van der Waals surface area contributed by atoms with E-state index in [1.165, 1.54) is 63.6 Å². The van der Waals surface area contributed by atoms with Crippen LogP contribution in [-0.2, 0) is 14.3 Å². The first-order chi connectivity index (χ1) is 19.5. The van der Waals surface area contributed by atoms with Crippen LogP contribution in [-0.4, -0.2) is 54.4 Å². The van der Waals surface area contributed by atoms with Crippen LogP contribution < -0.4 is 0 Å². The summed E-state index contributed by atoms with van der Waals surface area (Å²) in [6, 6.07) is 3.86. The summed E-state index contributed by atoms with van der Waals surface area (Å²) >= 11 is 0. The van der Waals surface area contributed by atoms with Crippen molar-refractivity contribution in [1.82, 2.24) is 9.80 Å². The number of nitrogens with zero attached hydrogens (tertiary/aromatic N) is 2. The van der Waals surface area contributed by atoms with Crippen LogP contribution >= 0.6 is 0 Å². The summed E-state index contributed by atoms with van der Waals surface area (Å²) in [6.45, 7) is 7.31. The van der Waals surface area contributed by atoms with Gasteiger partial charge in [-0.05, 0) is 120 Å². The summed E-state index contributed by atoms with van der Waals surface area (Å²) in [7, 11) is 4.06. The zero-order chi connectivity index (χ0) is 29.5. The normalized spacial score (nSPS) is 34.9. The molecular formula is C34H48F2N2O3. The number of likely N-dealkylation sites (N-methyl/N-ethyl adjacent to an activating group) is 1. The third-order valence-electron chi connectivity index (χ3n) is 11.6. The van der Waals surface area contributed by atoms with Gasteiger partial charge in [0.2, 0.25) is 6.10 Å². The van der Waals surface area contributed by atoms with Gasteiger partial charge in [0, 0.05) is 31.6 Å². The number of ether oxygens (including phenoxy) is 1. The Morgan fingerprint density at radius 2 is 1.85 bits per heavy atom. The summed E-state index contributed by atoms with van der Waals surface area (Å²) in [6.07, 6.45) is 12.9. The molecule has 1 aliphatic heterocycles. The van der Waals surface area contributed by atoms with E-state index in [1.54, 1.807) is 11.9 Å². The minimum absolute atomic E-state index is 0.0326. The Balaban J connectivity index is 1.34. The van der Waals surface area contributed by atoms with Crippen molar-refractivity contribution in [2.24, 2.45) is 29.1 Å². The number of benzene rings is 1. The molecule has 41 heavy (non-hydrogen) atoms. The van der Waals surface area contributed by atoms with Crippen LogP contribution in [0.15, 0.2) is 29.8 Å². The third kappa shape index (κ3) is 5.98. The van der Waals surface area contributed by atoms with Crippen molar-refractivity contribution >= 4 is 11.9 Å². The van der Waals surface area contributed by atoms with Crippen molar-refractivity contribution in [3.63, 3.8) is 0 Å². The highest BCUT2D eigenvalue weighted by molar-refractivity contribution is 5.85. The molecule has 226 valence electrons. The lowest BCUT2D eigenvalue weighted by Crippen LogP contribution is -2.49. The van der Waals surface area contributed by atoms with Crippen molar-refractivity contribution in [3.05, 3.63) is 47.0 Å². The van der Waals surface area contributed by atoms with E-state index >= 15 is 0 Å². The highest BCUT2D eigenvalue weighted by Crippen LogP contribution is 2.58. The molecular weight excluding hydrogens is 522 g/mol. The number of rotatable bonds is 4. The monoisotopic (exact) mass is 570 g/mol. The molecule has 2 bridgehead atoms. The van der Waals surface area contributed by atoms with Crippen molar-refractivity contribution in [3.8, 4) is 0 Å². The Morgan fingerprint density at radius 1 is 1.10 bits per heavy atom. The summed E-state index contributed by atoms with van der Waals surface area (Å²) < 4.78 is 33.0. The third-order valence-corrected chi connectivity index (χ3v) is 11.6. The quantitative estimate of drug-likeness (QED) is 0.287. The number of hydrogen-bond donors (Lipinski definition) is 0. The Labute approximate surface area is 244 Å². The first kappa shape index (κ1) is 30.2.